The average molecular weight is 228 g/mol. The number of allylic oxidation sites excluding steroid dienone is 1. The molecule has 0 nitrogen and oxygen atoms in total. The van der Waals surface area contributed by atoms with E-state index in [0.29, 0.717) is 12.0 Å². The van der Waals surface area contributed by atoms with Gasteiger partial charge in [0, 0.05) is 5.57 Å². The van der Waals surface area contributed by atoms with Gasteiger partial charge in [-0.2, -0.15) is 13.2 Å². The van der Waals surface area contributed by atoms with Crippen molar-refractivity contribution in [3.8, 4) is 0 Å². The van der Waals surface area contributed by atoms with Crippen molar-refractivity contribution in [1.82, 2.24) is 0 Å². The molecule has 16 heavy (non-hydrogen) atoms. The third kappa shape index (κ3) is 4.09. The second kappa shape index (κ2) is 5.73. The highest BCUT2D eigenvalue weighted by atomic mass is 19.4. The standard InChI is InChI=1S/C13H15F3/c1-2-3-9-12(13(14,15)16)10-11-7-5-4-6-8-11/h4-8,10H,2-3,9H2,1H3/b12-10+. The van der Waals surface area contributed by atoms with Gasteiger partial charge in [-0.1, -0.05) is 43.7 Å². The highest BCUT2D eigenvalue weighted by Crippen LogP contribution is 2.31. The van der Waals surface area contributed by atoms with Crippen molar-refractivity contribution in [1.29, 1.82) is 0 Å². The second-order valence-corrected chi connectivity index (χ2v) is 3.68. The van der Waals surface area contributed by atoms with Crippen molar-refractivity contribution < 1.29 is 13.2 Å². The lowest BCUT2D eigenvalue weighted by Gasteiger charge is -2.11. The molecule has 0 radical (unpaired) electrons. The molecule has 0 heterocycles. The fourth-order valence-corrected chi connectivity index (χ4v) is 1.41. The number of hydrogen-bond acceptors (Lipinski definition) is 0. The van der Waals surface area contributed by atoms with Gasteiger partial charge in [0.2, 0.25) is 0 Å². The molecule has 0 aliphatic heterocycles. The molecule has 88 valence electrons. The van der Waals surface area contributed by atoms with Gasteiger partial charge in [0.05, 0.1) is 0 Å². The van der Waals surface area contributed by atoms with Gasteiger partial charge < -0.3 is 0 Å². The van der Waals surface area contributed by atoms with E-state index in [2.05, 4.69) is 0 Å². The Morgan fingerprint density at radius 2 is 1.81 bits per heavy atom. The van der Waals surface area contributed by atoms with Crippen molar-refractivity contribution in [3.05, 3.63) is 41.5 Å². The SMILES string of the molecule is CCCC/C(=C\c1ccccc1)C(F)(F)F. The first-order valence-electron chi connectivity index (χ1n) is 5.37. The summed E-state index contributed by atoms with van der Waals surface area (Å²) in [7, 11) is 0. The summed E-state index contributed by atoms with van der Waals surface area (Å²) in [5.41, 5.74) is 0.159. The first kappa shape index (κ1) is 12.8. The molecule has 0 bridgehead atoms. The van der Waals surface area contributed by atoms with Gasteiger partial charge in [-0.15, -0.1) is 0 Å². The Bertz CT molecular complexity index is 336. The molecule has 0 aliphatic carbocycles. The fraction of sp³-hybridized carbons (Fsp3) is 0.385. The molecular formula is C13H15F3. The summed E-state index contributed by atoms with van der Waals surface area (Å²) in [5, 5.41) is 0. The molecule has 0 spiro atoms. The first-order chi connectivity index (χ1) is 7.54. The lowest BCUT2D eigenvalue weighted by molar-refractivity contribution is -0.0931. The minimum absolute atomic E-state index is 0.0922. The normalized spacial score (nSPS) is 12.9. The third-order valence-electron chi connectivity index (χ3n) is 2.30. The van der Waals surface area contributed by atoms with Gasteiger partial charge in [-0.25, -0.2) is 0 Å². The number of rotatable bonds is 4. The van der Waals surface area contributed by atoms with Crippen LogP contribution in [0.4, 0.5) is 13.2 Å². The van der Waals surface area contributed by atoms with Gasteiger partial charge in [-0.05, 0) is 24.5 Å². The molecule has 1 rings (SSSR count). The maximum atomic E-state index is 12.7. The zero-order valence-corrected chi connectivity index (χ0v) is 9.22. The zero-order valence-electron chi connectivity index (χ0n) is 9.22. The van der Waals surface area contributed by atoms with E-state index in [9.17, 15) is 13.2 Å². The van der Waals surface area contributed by atoms with Crippen LogP contribution in [0.2, 0.25) is 0 Å². The van der Waals surface area contributed by atoms with Gasteiger partial charge in [0.25, 0.3) is 0 Å². The van der Waals surface area contributed by atoms with E-state index < -0.39 is 11.7 Å². The topological polar surface area (TPSA) is 0 Å². The van der Waals surface area contributed by atoms with Crippen LogP contribution in [0.1, 0.15) is 31.7 Å². The predicted octanol–water partition coefficient (Wildman–Crippen LogP) is 4.82. The number of hydrogen-bond donors (Lipinski definition) is 0. The molecule has 3 heteroatoms. The summed E-state index contributed by atoms with van der Waals surface area (Å²) in [6.07, 6.45) is -1.56. The van der Waals surface area contributed by atoms with Crippen LogP contribution < -0.4 is 0 Å². The van der Waals surface area contributed by atoms with E-state index in [4.69, 9.17) is 0 Å². The lowest BCUT2D eigenvalue weighted by Crippen LogP contribution is -2.11. The highest BCUT2D eigenvalue weighted by Gasteiger charge is 2.32. The van der Waals surface area contributed by atoms with E-state index in [0.717, 1.165) is 6.42 Å². The van der Waals surface area contributed by atoms with E-state index in [1.165, 1.54) is 6.08 Å². The van der Waals surface area contributed by atoms with Crippen molar-refractivity contribution in [2.75, 3.05) is 0 Å². The Hall–Kier alpha value is -1.25. The molecule has 0 unspecified atom stereocenters. The molecular weight excluding hydrogens is 213 g/mol. The van der Waals surface area contributed by atoms with Gasteiger partial charge >= 0.3 is 6.18 Å². The van der Waals surface area contributed by atoms with Crippen LogP contribution in [-0.4, -0.2) is 6.18 Å². The smallest absolute Gasteiger partial charge is 0.166 e. The van der Waals surface area contributed by atoms with Gasteiger partial charge in [0.1, 0.15) is 0 Å². The van der Waals surface area contributed by atoms with E-state index in [1.54, 1.807) is 30.3 Å². The molecule has 0 saturated heterocycles. The van der Waals surface area contributed by atoms with E-state index in [-0.39, 0.29) is 6.42 Å². The number of unbranched alkanes of at least 4 members (excludes halogenated alkanes) is 1. The minimum atomic E-state index is -4.22. The third-order valence-corrected chi connectivity index (χ3v) is 2.30. The molecule has 0 fully saturated rings. The summed E-state index contributed by atoms with van der Waals surface area (Å²) < 4.78 is 38.0. The minimum Gasteiger partial charge on any atom is -0.166 e. The molecule has 0 aliphatic rings. The first-order valence-corrected chi connectivity index (χ1v) is 5.37. The highest BCUT2D eigenvalue weighted by molar-refractivity contribution is 5.53. The van der Waals surface area contributed by atoms with E-state index >= 15 is 0 Å². The van der Waals surface area contributed by atoms with Gasteiger partial charge in [0.15, 0.2) is 0 Å². The summed E-state index contributed by atoms with van der Waals surface area (Å²) in [6.45, 7) is 1.89. The molecule has 0 aromatic heterocycles. The summed E-state index contributed by atoms with van der Waals surface area (Å²) in [5.74, 6) is 0. The molecule has 0 atom stereocenters. The maximum absolute atomic E-state index is 12.7. The molecule has 0 N–H and O–H groups in total. The van der Waals surface area contributed by atoms with Crippen LogP contribution in [0.5, 0.6) is 0 Å². The van der Waals surface area contributed by atoms with Crippen molar-refractivity contribution in [2.24, 2.45) is 0 Å². The summed E-state index contributed by atoms with van der Waals surface area (Å²) in [4.78, 5) is 0. The van der Waals surface area contributed by atoms with Crippen molar-refractivity contribution >= 4 is 6.08 Å². The van der Waals surface area contributed by atoms with E-state index in [1.807, 2.05) is 6.92 Å². The number of benzene rings is 1. The molecule has 0 saturated carbocycles. The zero-order chi connectivity index (χ0) is 12.0. The Kier molecular flexibility index (Phi) is 4.59. The predicted molar refractivity (Wildman–Crippen MR) is 60.0 cm³/mol. The maximum Gasteiger partial charge on any atom is 0.412 e. The lowest BCUT2D eigenvalue weighted by atomic mass is 10.0. The van der Waals surface area contributed by atoms with Crippen LogP contribution in [-0.2, 0) is 0 Å². The van der Waals surface area contributed by atoms with Crippen LogP contribution in [0, 0.1) is 0 Å². The molecule has 1 aromatic carbocycles. The number of alkyl halides is 3. The van der Waals surface area contributed by atoms with Crippen LogP contribution in [0.25, 0.3) is 6.08 Å². The molecule has 0 amide bonds. The Morgan fingerprint density at radius 1 is 1.19 bits per heavy atom. The Balaban J connectivity index is 2.88. The Labute approximate surface area is 93.8 Å². The summed E-state index contributed by atoms with van der Waals surface area (Å²) >= 11 is 0. The van der Waals surface area contributed by atoms with Crippen LogP contribution in [0.3, 0.4) is 0 Å². The van der Waals surface area contributed by atoms with Crippen LogP contribution in [0.15, 0.2) is 35.9 Å². The quantitative estimate of drug-likeness (QED) is 0.692. The second-order valence-electron chi connectivity index (χ2n) is 3.68. The monoisotopic (exact) mass is 228 g/mol. The Morgan fingerprint density at radius 3 is 2.31 bits per heavy atom. The molecule has 1 aromatic rings. The van der Waals surface area contributed by atoms with Crippen molar-refractivity contribution in [2.45, 2.75) is 32.4 Å². The largest absolute Gasteiger partial charge is 0.412 e. The number of halogens is 3. The average Bonchev–Trinajstić information content (AvgIpc) is 2.24. The van der Waals surface area contributed by atoms with Gasteiger partial charge in [-0.3, -0.25) is 0 Å². The van der Waals surface area contributed by atoms with Crippen molar-refractivity contribution in [3.63, 3.8) is 0 Å². The fourth-order valence-electron chi connectivity index (χ4n) is 1.41. The summed E-state index contributed by atoms with van der Waals surface area (Å²) in [6, 6.07) is 8.62. The van der Waals surface area contributed by atoms with Crippen LogP contribution >= 0.6 is 0 Å².